The van der Waals surface area contributed by atoms with Crippen LogP contribution in [-0.2, 0) is 0 Å². The van der Waals surface area contributed by atoms with Gasteiger partial charge in [-0.15, -0.1) is 0 Å². The summed E-state index contributed by atoms with van der Waals surface area (Å²) >= 11 is 5.79. The zero-order valence-corrected chi connectivity index (χ0v) is 12.6. The van der Waals surface area contributed by atoms with Crippen LogP contribution in [0, 0.1) is 0 Å². The summed E-state index contributed by atoms with van der Waals surface area (Å²) in [5.74, 6) is 0.246. The first kappa shape index (κ1) is 16.1. The number of hydrogen-bond donors (Lipinski definition) is 2. The number of benzene rings is 2. The van der Waals surface area contributed by atoms with E-state index in [4.69, 9.17) is 22.1 Å². The van der Waals surface area contributed by atoms with Crippen LogP contribution in [0.3, 0.4) is 0 Å². The van der Waals surface area contributed by atoms with Gasteiger partial charge < -0.3 is 15.6 Å². The Hall–Kier alpha value is -2.30. The number of nitrogens with two attached hydrogens (primary N) is 1. The maximum Gasteiger partial charge on any atom is 0.185 e. The predicted molar refractivity (Wildman–Crippen MR) is 87.5 cm³/mol. The summed E-state index contributed by atoms with van der Waals surface area (Å²) in [6, 6.07) is 11.5. The van der Waals surface area contributed by atoms with Gasteiger partial charge in [0, 0.05) is 17.1 Å². The lowest BCUT2D eigenvalue weighted by Crippen LogP contribution is -2.10. The molecule has 0 spiro atoms. The molecule has 3 N–H and O–H groups in total. The van der Waals surface area contributed by atoms with Gasteiger partial charge in [-0.2, -0.15) is 0 Å². The van der Waals surface area contributed by atoms with E-state index < -0.39 is 0 Å². The summed E-state index contributed by atoms with van der Waals surface area (Å²) in [5, 5.41) is 10.3. The first-order chi connectivity index (χ1) is 10.6. The molecule has 0 radical (unpaired) electrons. The fraction of sp³-hybridized carbons (Fsp3) is 0.118. The molecule has 5 heteroatoms. The van der Waals surface area contributed by atoms with Gasteiger partial charge in [-0.05, 0) is 48.0 Å². The molecule has 0 amide bonds. The second-order valence-electron chi connectivity index (χ2n) is 4.57. The SMILES string of the molecule is NCCOc1cc(/C=C/C(=O)c2ccc(Cl)cc2)ccc1O. The predicted octanol–water partition coefficient (Wildman–Crippen LogP) is 3.28. The first-order valence-electron chi connectivity index (χ1n) is 6.74. The minimum atomic E-state index is -0.130. The highest BCUT2D eigenvalue weighted by Gasteiger charge is 2.04. The van der Waals surface area contributed by atoms with Crippen LogP contribution in [0.5, 0.6) is 11.5 Å². The second-order valence-corrected chi connectivity index (χ2v) is 5.01. The third-order valence-electron chi connectivity index (χ3n) is 2.92. The van der Waals surface area contributed by atoms with Crippen molar-refractivity contribution in [1.82, 2.24) is 0 Å². The summed E-state index contributed by atoms with van der Waals surface area (Å²) in [4.78, 5) is 12.0. The van der Waals surface area contributed by atoms with Crippen molar-refractivity contribution in [3.8, 4) is 11.5 Å². The molecular weight excluding hydrogens is 302 g/mol. The van der Waals surface area contributed by atoms with Crippen LogP contribution >= 0.6 is 11.6 Å². The third-order valence-corrected chi connectivity index (χ3v) is 3.17. The molecule has 2 aromatic carbocycles. The van der Waals surface area contributed by atoms with Crippen molar-refractivity contribution >= 4 is 23.5 Å². The largest absolute Gasteiger partial charge is 0.504 e. The number of ketones is 1. The van der Waals surface area contributed by atoms with Crippen molar-refractivity contribution in [2.24, 2.45) is 5.73 Å². The molecule has 0 aromatic heterocycles. The van der Waals surface area contributed by atoms with Crippen LogP contribution in [0.4, 0.5) is 0 Å². The molecule has 0 heterocycles. The number of phenols is 1. The van der Waals surface area contributed by atoms with E-state index in [1.54, 1.807) is 42.5 Å². The minimum absolute atomic E-state index is 0.0367. The Bertz CT molecular complexity index is 681. The highest BCUT2D eigenvalue weighted by molar-refractivity contribution is 6.30. The lowest BCUT2D eigenvalue weighted by molar-refractivity contribution is 0.104. The van der Waals surface area contributed by atoms with Crippen molar-refractivity contribution in [3.63, 3.8) is 0 Å². The molecule has 0 aliphatic carbocycles. The molecule has 0 atom stereocenters. The number of phenolic OH excluding ortho intramolecular Hbond substituents is 1. The fourth-order valence-corrected chi connectivity index (χ4v) is 1.93. The molecule has 0 aliphatic rings. The van der Waals surface area contributed by atoms with Gasteiger partial charge >= 0.3 is 0 Å². The van der Waals surface area contributed by atoms with Gasteiger partial charge in [0.1, 0.15) is 6.61 Å². The van der Waals surface area contributed by atoms with Crippen LogP contribution in [0.15, 0.2) is 48.5 Å². The highest BCUT2D eigenvalue weighted by Crippen LogP contribution is 2.27. The van der Waals surface area contributed by atoms with Gasteiger partial charge in [-0.3, -0.25) is 4.79 Å². The minimum Gasteiger partial charge on any atom is -0.504 e. The summed E-state index contributed by atoms with van der Waals surface area (Å²) in [6.07, 6.45) is 3.12. The number of allylic oxidation sites excluding steroid dienone is 1. The molecule has 114 valence electrons. The van der Waals surface area contributed by atoms with E-state index in [1.165, 1.54) is 12.1 Å². The molecular formula is C17H16ClNO3. The average molecular weight is 318 g/mol. The van der Waals surface area contributed by atoms with Crippen LogP contribution < -0.4 is 10.5 Å². The zero-order chi connectivity index (χ0) is 15.9. The molecule has 4 nitrogen and oxygen atoms in total. The van der Waals surface area contributed by atoms with E-state index in [1.807, 2.05) is 0 Å². The zero-order valence-electron chi connectivity index (χ0n) is 11.8. The molecule has 0 saturated heterocycles. The lowest BCUT2D eigenvalue weighted by Gasteiger charge is -2.07. The van der Waals surface area contributed by atoms with E-state index in [2.05, 4.69) is 0 Å². The molecule has 22 heavy (non-hydrogen) atoms. The van der Waals surface area contributed by atoms with Gasteiger partial charge in [0.25, 0.3) is 0 Å². The Morgan fingerprint density at radius 2 is 1.95 bits per heavy atom. The number of hydrogen-bond acceptors (Lipinski definition) is 4. The van der Waals surface area contributed by atoms with Crippen molar-refractivity contribution in [2.75, 3.05) is 13.2 Å². The number of carbonyl (C=O) groups excluding carboxylic acids is 1. The highest BCUT2D eigenvalue weighted by atomic mass is 35.5. The Balaban J connectivity index is 2.12. The smallest absolute Gasteiger partial charge is 0.185 e. The second kappa shape index (κ2) is 7.64. The number of rotatable bonds is 6. The Morgan fingerprint density at radius 1 is 1.23 bits per heavy atom. The van der Waals surface area contributed by atoms with Crippen molar-refractivity contribution in [1.29, 1.82) is 0 Å². The summed E-state index contributed by atoms with van der Waals surface area (Å²) in [5.41, 5.74) is 6.66. The van der Waals surface area contributed by atoms with E-state index in [-0.39, 0.29) is 11.5 Å². The van der Waals surface area contributed by atoms with Crippen molar-refractivity contribution < 1.29 is 14.6 Å². The fourth-order valence-electron chi connectivity index (χ4n) is 1.80. The maximum absolute atomic E-state index is 12.0. The molecule has 2 aromatic rings. The van der Waals surface area contributed by atoms with Gasteiger partial charge in [-0.1, -0.05) is 23.7 Å². The Kier molecular flexibility index (Phi) is 5.58. The molecule has 0 saturated carbocycles. The summed E-state index contributed by atoms with van der Waals surface area (Å²) in [6.45, 7) is 0.666. The number of aromatic hydroxyl groups is 1. The Morgan fingerprint density at radius 3 is 2.64 bits per heavy atom. The van der Waals surface area contributed by atoms with Gasteiger partial charge in [0.05, 0.1) is 0 Å². The van der Waals surface area contributed by atoms with Crippen LogP contribution in [0.2, 0.25) is 5.02 Å². The van der Waals surface area contributed by atoms with Gasteiger partial charge in [-0.25, -0.2) is 0 Å². The summed E-state index contributed by atoms with van der Waals surface area (Å²) < 4.78 is 5.32. The third kappa shape index (κ3) is 4.35. The monoisotopic (exact) mass is 317 g/mol. The lowest BCUT2D eigenvalue weighted by atomic mass is 10.1. The molecule has 0 bridgehead atoms. The van der Waals surface area contributed by atoms with E-state index in [0.29, 0.717) is 29.5 Å². The number of ether oxygens (including phenoxy) is 1. The molecule has 0 fully saturated rings. The van der Waals surface area contributed by atoms with Crippen molar-refractivity contribution in [2.45, 2.75) is 0 Å². The topological polar surface area (TPSA) is 72.5 Å². The van der Waals surface area contributed by atoms with E-state index in [0.717, 1.165) is 5.56 Å². The van der Waals surface area contributed by atoms with Crippen molar-refractivity contribution in [3.05, 3.63) is 64.7 Å². The van der Waals surface area contributed by atoms with Gasteiger partial charge in [0.2, 0.25) is 0 Å². The number of carbonyl (C=O) groups is 1. The van der Waals surface area contributed by atoms with Crippen LogP contribution in [-0.4, -0.2) is 24.0 Å². The average Bonchev–Trinajstić information content (AvgIpc) is 2.53. The van der Waals surface area contributed by atoms with Gasteiger partial charge in [0.15, 0.2) is 17.3 Å². The quantitative estimate of drug-likeness (QED) is 0.633. The van der Waals surface area contributed by atoms with Crippen LogP contribution in [0.25, 0.3) is 6.08 Å². The van der Waals surface area contributed by atoms with E-state index in [9.17, 15) is 9.90 Å². The normalized spacial score (nSPS) is 10.8. The van der Waals surface area contributed by atoms with Crippen LogP contribution in [0.1, 0.15) is 15.9 Å². The number of halogens is 1. The molecule has 2 rings (SSSR count). The first-order valence-corrected chi connectivity index (χ1v) is 7.12. The molecule has 0 aliphatic heterocycles. The maximum atomic E-state index is 12.0. The standard InChI is InChI=1S/C17H16ClNO3/c18-14-5-3-13(4-6-14)15(20)7-1-12-2-8-16(21)17(11-12)22-10-9-19/h1-8,11,21H,9-10,19H2/b7-1+. The Labute approximate surface area is 133 Å². The molecule has 0 unspecified atom stereocenters. The summed E-state index contributed by atoms with van der Waals surface area (Å²) in [7, 11) is 0. The van der Waals surface area contributed by atoms with E-state index >= 15 is 0 Å².